The summed E-state index contributed by atoms with van der Waals surface area (Å²) in [5.41, 5.74) is -1.40. The summed E-state index contributed by atoms with van der Waals surface area (Å²) in [5, 5.41) is 12.8. The van der Waals surface area contributed by atoms with Gasteiger partial charge in [-0.15, -0.1) is 11.3 Å². The maximum atomic E-state index is 12.1. The number of amides is 1. The molecular formula is C18H22ClNO3S. The Morgan fingerprint density at radius 2 is 1.96 bits per heavy atom. The number of likely N-dealkylation sites (tertiary alicyclic amines) is 1. The second-order valence-corrected chi connectivity index (χ2v) is 8.81. The molecule has 130 valence electrons. The molecule has 1 aliphatic heterocycles. The number of thiophene rings is 1. The van der Waals surface area contributed by atoms with Crippen LogP contribution in [0.15, 0.2) is 24.3 Å². The van der Waals surface area contributed by atoms with E-state index in [1.807, 2.05) is 45.0 Å². The monoisotopic (exact) mass is 367 g/mol. The fraction of sp³-hybridized carbons (Fsp3) is 0.500. The number of hydrogen-bond acceptors (Lipinski definition) is 4. The summed E-state index contributed by atoms with van der Waals surface area (Å²) < 4.78 is 6.51. The molecule has 2 aromatic rings. The van der Waals surface area contributed by atoms with Gasteiger partial charge in [-0.05, 0) is 63.3 Å². The summed E-state index contributed by atoms with van der Waals surface area (Å²) in [6, 6.07) is 7.76. The number of aliphatic hydroxyl groups is 1. The second kappa shape index (κ2) is 6.21. The summed E-state index contributed by atoms with van der Waals surface area (Å²) in [6.45, 7) is 6.54. The summed E-state index contributed by atoms with van der Waals surface area (Å²) >= 11 is 7.63. The van der Waals surface area contributed by atoms with Crippen LogP contribution >= 0.6 is 22.9 Å². The van der Waals surface area contributed by atoms with E-state index in [1.54, 1.807) is 16.2 Å². The minimum absolute atomic E-state index is 0.312. The molecule has 1 aromatic carbocycles. The summed E-state index contributed by atoms with van der Waals surface area (Å²) in [5.74, 6) is 0. The molecule has 2 heterocycles. The normalized spacial score (nSPS) is 18.0. The molecule has 24 heavy (non-hydrogen) atoms. The number of halogens is 1. The van der Waals surface area contributed by atoms with Gasteiger partial charge in [-0.25, -0.2) is 4.79 Å². The molecule has 1 aliphatic rings. The maximum absolute atomic E-state index is 12.1. The molecule has 3 rings (SSSR count). The quantitative estimate of drug-likeness (QED) is 0.789. The van der Waals surface area contributed by atoms with E-state index in [0.717, 1.165) is 15.0 Å². The third kappa shape index (κ3) is 3.68. The zero-order chi connectivity index (χ0) is 17.5. The van der Waals surface area contributed by atoms with Gasteiger partial charge in [-0.1, -0.05) is 11.6 Å². The van der Waals surface area contributed by atoms with E-state index in [9.17, 15) is 9.90 Å². The van der Waals surface area contributed by atoms with E-state index in [2.05, 4.69) is 0 Å². The van der Waals surface area contributed by atoms with Crippen molar-refractivity contribution in [3.63, 3.8) is 0 Å². The molecule has 1 N–H and O–H groups in total. The topological polar surface area (TPSA) is 49.8 Å². The van der Waals surface area contributed by atoms with Crippen LogP contribution in [0.2, 0.25) is 5.02 Å². The zero-order valence-electron chi connectivity index (χ0n) is 14.1. The van der Waals surface area contributed by atoms with E-state index >= 15 is 0 Å². The molecule has 0 unspecified atom stereocenters. The highest BCUT2D eigenvalue weighted by molar-refractivity contribution is 7.19. The number of hydrogen-bond donors (Lipinski definition) is 1. The van der Waals surface area contributed by atoms with Crippen LogP contribution < -0.4 is 0 Å². The van der Waals surface area contributed by atoms with Gasteiger partial charge in [-0.2, -0.15) is 0 Å². The summed E-state index contributed by atoms with van der Waals surface area (Å²) in [4.78, 5) is 14.8. The Morgan fingerprint density at radius 3 is 2.58 bits per heavy atom. The number of fused-ring (bicyclic) bond motifs is 1. The molecule has 4 nitrogen and oxygen atoms in total. The molecular weight excluding hydrogens is 346 g/mol. The highest BCUT2D eigenvalue weighted by atomic mass is 35.5. The van der Waals surface area contributed by atoms with Crippen molar-refractivity contribution in [3.05, 3.63) is 34.2 Å². The third-order valence-corrected chi connectivity index (χ3v) is 5.72. The fourth-order valence-electron chi connectivity index (χ4n) is 2.88. The van der Waals surface area contributed by atoms with Crippen LogP contribution in [0.25, 0.3) is 10.1 Å². The highest BCUT2D eigenvalue weighted by Gasteiger charge is 2.37. The van der Waals surface area contributed by atoms with E-state index in [4.69, 9.17) is 16.3 Å². The van der Waals surface area contributed by atoms with Gasteiger partial charge in [0, 0.05) is 27.7 Å². The lowest BCUT2D eigenvalue weighted by molar-refractivity contribution is -0.0334. The molecule has 6 heteroatoms. The summed E-state index contributed by atoms with van der Waals surface area (Å²) in [7, 11) is 0. The van der Waals surface area contributed by atoms with Gasteiger partial charge in [0.05, 0.1) is 0 Å². The number of benzene rings is 1. The average Bonchev–Trinajstić information content (AvgIpc) is 2.90. The Hall–Kier alpha value is -1.30. The third-order valence-electron chi connectivity index (χ3n) is 4.18. The number of ether oxygens (including phenoxy) is 1. The molecule has 0 atom stereocenters. The molecule has 0 bridgehead atoms. The van der Waals surface area contributed by atoms with Crippen LogP contribution in [0.5, 0.6) is 0 Å². The standard InChI is InChI=1S/C18H22ClNO3S/c1-17(2,3)23-16(21)20-8-6-18(22,7-9-20)15-11-12-10-13(19)4-5-14(12)24-15/h4-5,10-11,22H,6-9H2,1-3H3. The number of nitrogens with zero attached hydrogens (tertiary/aromatic N) is 1. The lowest BCUT2D eigenvalue weighted by Gasteiger charge is -2.38. The molecule has 0 spiro atoms. The van der Waals surface area contributed by atoms with Crippen molar-refractivity contribution < 1.29 is 14.6 Å². The van der Waals surface area contributed by atoms with Gasteiger partial charge in [-0.3, -0.25) is 0 Å². The average molecular weight is 368 g/mol. The van der Waals surface area contributed by atoms with Crippen molar-refractivity contribution in [1.82, 2.24) is 4.90 Å². The van der Waals surface area contributed by atoms with Crippen molar-refractivity contribution >= 4 is 39.1 Å². The van der Waals surface area contributed by atoms with Crippen molar-refractivity contribution in [1.29, 1.82) is 0 Å². The van der Waals surface area contributed by atoms with Crippen LogP contribution in [0.1, 0.15) is 38.5 Å². The van der Waals surface area contributed by atoms with Gasteiger partial charge >= 0.3 is 6.09 Å². The largest absolute Gasteiger partial charge is 0.444 e. The van der Waals surface area contributed by atoms with Gasteiger partial charge in [0.1, 0.15) is 11.2 Å². The molecule has 0 saturated carbocycles. The molecule has 1 aromatic heterocycles. The molecule has 0 radical (unpaired) electrons. The first kappa shape index (κ1) is 17.5. The lowest BCUT2D eigenvalue weighted by atomic mass is 9.90. The number of carbonyl (C=O) groups excluding carboxylic acids is 1. The molecule has 1 fully saturated rings. The SMILES string of the molecule is CC(C)(C)OC(=O)N1CCC(O)(c2cc3cc(Cl)ccc3s2)CC1. The highest BCUT2D eigenvalue weighted by Crippen LogP contribution is 2.40. The van der Waals surface area contributed by atoms with Crippen LogP contribution in [0, 0.1) is 0 Å². The van der Waals surface area contributed by atoms with Crippen molar-refractivity contribution in [2.24, 2.45) is 0 Å². The van der Waals surface area contributed by atoms with Gasteiger partial charge in [0.15, 0.2) is 0 Å². The van der Waals surface area contributed by atoms with Crippen LogP contribution in [0.3, 0.4) is 0 Å². The van der Waals surface area contributed by atoms with Gasteiger partial charge < -0.3 is 14.7 Å². The maximum Gasteiger partial charge on any atom is 0.410 e. The van der Waals surface area contributed by atoms with E-state index in [-0.39, 0.29) is 6.09 Å². The van der Waals surface area contributed by atoms with Crippen LogP contribution in [-0.4, -0.2) is 34.8 Å². The van der Waals surface area contributed by atoms with Gasteiger partial charge in [0.25, 0.3) is 0 Å². The predicted molar refractivity (Wildman–Crippen MR) is 97.8 cm³/mol. The number of piperidine rings is 1. The zero-order valence-corrected chi connectivity index (χ0v) is 15.7. The summed E-state index contributed by atoms with van der Waals surface area (Å²) in [6.07, 6.45) is 0.701. The Labute approximate surface area is 151 Å². The molecule has 1 saturated heterocycles. The van der Waals surface area contributed by atoms with Crippen molar-refractivity contribution in [2.45, 2.75) is 44.8 Å². The predicted octanol–water partition coefficient (Wildman–Crippen LogP) is 4.77. The Bertz CT molecular complexity index is 757. The Morgan fingerprint density at radius 1 is 1.29 bits per heavy atom. The van der Waals surface area contributed by atoms with E-state index in [1.165, 1.54) is 0 Å². The molecule has 0 aliphatic carbocycles. The van der Waals surface area contributed by atoms with Crippen LogP contribution in [-0.2, 0) is 10.3 Å². The first-order chi connectivity index (χ1) is 11.2. The van der Waals surface area contributed by atoms with E-state index in [0.29, 0.717) is 31.0 Å². The molecule has 1 amide bonds. The smallest absolute Gasteiger partial charge is 0.410 e. The van der Waals surface area contributed by atoms with Crippen molar-refractivity contribution in [3.8, 4) is 0 Å². The van der Waals surface area contributed by atoms with Gasteiger partial charge in [0.2, 0.25) is 0 Å². The first-order valence-electron chi connectivity index (χ1n) is 8.06. The van der Waals surface area contributed by atoms with Crippen molar-refractivity contribution in [2.75, 3.05) is 13.1 Å². The Balaban J connectivity index is 1.72. The number of rotatable bonds is 1. The second-order valence-electron chi connectivity index (χ2n) is 7.29. The minimum atomic E-state index is -0.894. The fourth-order valence-corrected chi connectivity index (χ4v) is 4.24. The van der Waals surface area contributed by atoms with Crippen LogP contribution in [0.4, 0.5) is 4.79 Å². The Kier molecular flexibility index (Phi) is 4.53. The number of carbonyl (C=O) groups is 1. The van der Waals surface area contributed by atoms with E-state index < -0.39 is 11.2 Å². The first-order valence-corrected chi connectivity index (χ1v) is 9.26. The lowest BCUT2D eigenvalue weighted by Crippen LogP contribution is -2.46. The minimum Gasteiger partial charge on any atom is -0.444 e.